The highest BCUT2D eigenvalue weighted by Gasteiger charge is 2.32. The molecule has 2 atom stereocenters. The Labute approximate surface area is 87.9 Å². The number of ketones is 1. The number of Topliss-reactive ketones (excluding diaryl/α,β-unsaturated/α-hetero) is 1. The largest absolute Gasteiger partial charge is 0.370 e. The summed E-state index contributed by atoms with van der Waals surface area (Å²) in [5, 5.41) is 1.96. The lowest BCUT2D eigenvalue weighted by atomic mass is 9.97. The zero-order chi connectivity index (χ0) is 10.1. The van der Waals surface area contributed by atoms with E-state index in [1.807, 2.05) is 18.4 Å². The summed E-state index contributed by atoms with van der Waals surface area (Å²) in [5.74, 6) is 0.524. The van der Waals surface area contributed by atoms with Crippen molar-refractivity contribution in [3.8, 4) is 0 Å². The number of carbonyl (C=O) groups is 1. The number of hydrogen-bond donors (Lipinski definition) is 0. The number of aryl methyl sites for hydroxylation is 1. The Morgan fingerprint density at radius 3 is 2.93 bits per heavy atom. The third kappa shape index (κ3) is 1.62. The predicted molar refractivity (Wildman–Crippen MR) is 56.9 cm³/mol. The zero-order valence-corrected chi connectivity index (χ0v) is 9.26. The van der Waals surface area contributed by atoms with Gasteiger partial charge in [-0.1, -0.05) is 6.92 Å². The number of carbonyl (C=O) groups excluding carboxylic acids is 1. The highest BCUT2D eigenvalue weighted by atomic mass is 32.1. The van der Waals surface area contributed by atoms with E-state index in [2.05, 4.69) is 6.92 Å². The Balaban J connectivity index is 2.20. The van der Waals surface area contributed by atoms with Crippen LogP contribution in [-0.2, 0) is 4.74 Å². The van der Waals surface area contributed by atoms with Gasteiger partial charge in [0.1, 0.15) is 6.10 Å². The van der Waals surface area contributed by atoms with Crippen LogP contribution >= 0.6 is 11.3 Å². The molecule has 1 aliphatic rings. The maximum absolute atomic E-state index is 12.0. The van der Waals surface area contributed by atoms with Gasteiger partial charge in [-0.3, -0.25) is 4.79 Å². The zero-order valence-electron chi connectivity index (χ0n) is 8.45. The number of thiophene rings is 1. The Morgan fingerprint density at radius 1 is 1.64 bits per heavy atom. The van der Waals surface area contributed by atoms with Crippen LogP contribution in [0.2, 0.25) is 0 Å². The average molecular weight is 210 g/mol. The van der Waals surface area contributed by atoms with Crippen molar-refractivity contribution < 1.29 is 9.53 Å². The van der Waals surface area contributed by atoms with Gasteiger partial charge in [-0.05, 0) is 30.7 Å². The first-order chi connectivity index (χ1) is 6.70. The van der Waals surface area contributed by atoms with E-state index in [0.717, 1.165) is 23.5 Å². The second kappa shape index (κ2) is 3.83. The number of ether oxygens (including phenoxy) is 1. The molecule has 1 aliphatic heterocycles. The van der Waals surface area contributed by atoms with E-state index in [1.165, 1.54) is 0 Å². The van der Waals surface area contributed by atoms with Crippen LogP contribution in [0.1, 0.15) is 28.6 Å². The van der Waals surface area contributed by atoms with Gasteiger partial charge in [-0.15, -0.1) is 11.3 Å². The molecule has 0 saturated carbocycles. The summed E-state index contributed by atoms with van der Waals surface area (Å²) >= 11 is 1.62. The van der Waals surface area contributed by atoms with Gasteiger partial charge in [0, 0.05) is 17.0 Å². The molecule has 2 rings (SSSR count). The van der Waals surface area contributed by atoms with E-state index in [-0.39, 0.29) is 11.9 Å². The van der Waals surface area contributed by atoms with Gasteiger partial charge in [-0.25, -0.2) is 0 Å². The molecule has 0 bridgehead atoms. The number of rotatable bonds is 2. The minimum atomic E-state index is -0.205. The number of hydrogen-bond acceptors (Lipinski definition) is 3. The Morgan fingerprint density at radius 2 is 2.43 bits per heavy atom. The van der Waals surface area contributed by atoms with Crippen LogP contribution < -0.4 is 0 Å². The van der Waals surface area contributed by atoms with E-state index in [9.17, 15) is 4.79 Å². The Bertz CT molecular complexity index is 343. The van der Waals surface area contributed by atoms with Crippen molar-refractivity contribution in [3.05, 3.63) is 21.9 Å². The first-order valence-corrected chi connectivity index (χ1v) is 5.78. The van der Waals surface area contributed by atoms with Crippen LogP contribution in [0, 0.1) is 12.8 Å². The SMILES string of the molecule is Cc1sccc1C(=O)C1OCCC1C. The molecule has 0 spiro atoms. The van der Waals surface area contributed by atoms with Crippen molar-refractivity contribution in [1.82, 2.24) is 0 Å². The highest BCUT2D eigenvalue weighted by Crippen LogP contribution is 2.26. The fraction of sp³-hybridized carbons (Fsp3) is 0.545. The first-order valence-electron chi connectivity index (χ1n) is 4.90. The lowest BCUT2D eigenvalue weighted by Crippen LogP contribution is -2.25. The normalized spacial score (nSPS) is 26.7. The van der Waals surface area contributed by atoms with E-state index < -0.39 is 0 Å². The minimum Gasteiger partial charge on any atom is -0.370 e. The third-order valence-electron chi connectivity index (χ3n) is 2.77. The summed E-state index contributed by atoms with van der Waals surface area (Å²) in [5.41, 5.74) is 0.841. The molecular formula is C11H14O2S. The van der Waals surface area contributed by atoms with Crippen molar-refractivity contribution in [2.24, 2.45) is 5.92 Å². The van der Waals surface area contributed by atoms with Gasteiger partial charge in [0.2, 0.25) is 0 Å². The smallest absolute Gasteiger partial charge is 0.192 e. The third-order valence-corrected chi connectivity index (χ3v) is 3.62. The van der Waals surface area contributed by atoms with Gasteiger partial charge in [0.15, 0.2) is 5.78 Å². The molecule has 0 aromatic carbocycles. The summed E-state index contributed by atoms with van der Waals surface area (Å²) in [6.45, 7) is 4.79. The summed E-state index contributed by atoms with van der Waals surface area (Å²) in [6, 6.07) is 1.90. The maximum atomic E-state index is 12.0. The molecule has 2 heterocycles. The Hall–Kier alpha value is -0.670. The Kier molecular flexibility index (Phi) is 2.70. The fourth-order valence-electron chi connectivity index (χ4n) is 1.82. The monoisotopic (exact) mass is 210 g/mol. The molecule has 14 heavy (non-hydrogen) atoms. The van der Waals surface area contributed by atoms with E-state index in [1.54, 1.807) is 11.3 Å². The van der Waals surface area contributed by atoms with Crippen molar-refractivity contribution in [1.29, 1.82) is 0 Å². The van der Waals surface area contributed by atoms with E-state index in [4.69, 9.17) is 4.74 Å². The van der Waals surface area contributed by atoms with Crippen molar-refractivity contribution in [3.63, 3.8) is 0 Å². The quantitative estimate of drug-likeness (QED) is 0.701. The standard InChI is InChI=1S/C11H14O2S/c1-7-3-5-13-11(7)10(12)9-4-6-14-8(9)2/h4,6-7,11H,3,5H2,1-2H3. The van der Waals surface area contributed by atoms with E-state index in [0.29, 0.717) is 5.92 Å². The van der Waals surface area contributed by atoms with Crippen LogP contribution in [0.4, 0.5) is 0 Å². The van der Waals surface area contributed by atoms with Crippen LogP contribution in [0.5, 0.6) is 0 Å². The molecule has 1 aromatic rings. The van der Waals surface area contributed by atoms with Crippen LogP contribution in [0.3, 0.4) is 0 Å². The molecule has 2 nitrogen and oxygen atoms in total. The first kappa shape index (κ1) is 9.87. The second-order valence-electron chi connectivity index (χ2n) is 3.81. The molecule has 2 unspecified atom stereocenters. The molecule has 1 saturated heterocycles. The summed E-state index contributed by atoms with van der Waals surface area (Å²) in [6.07, 6.45) is 0.794. The van der Waals surface area contributed by atoms with Gasteiger partial charge < -0.3 is 4.74 Å². The topological polar surface area (TPSA) is 26.3 Å². The molecule has 0 amide bonds. The molecule has 1 aromatic heterocycles. The molecule has 3 heteroatoms. The van der Waals surface area contributed by atoms with Crippen molar-refractivity contribution in [2.75, 3.05) is 6.61 Å². The lowest BCUT2D eigenvalue weighted by molar-refractivity contribution is 0.0579. The van der Waals surface area contributed by atoms with Gasteiger partial charge >= 0.3 is 0 Å². The van der Waals surface area contributed by atoms with E-state index >= 15 is 0 Å². The molecule has 1 fully saturated rings. The molecular weight excluding hydrogens is 196 g/mol. The molecule has 76 valence electrons. The summed E-state index contributed by atoms with van der Waals surface area (Å²) in [4.78, 5) is 13.1. The average Bonchev–Trinajstić information content (AvgIpc) is 2.73. The second-order valence-corrected chi connectivity index (χ2v) is 4.93. The minimum absolute atomic E-state index is 0.161. The molecule has 0 radical (unpaired) electrons. The van der Waals surface area contributed by atoms with Gasteiger partial charge in [-0.2, -0.15) is 0 Å². The summed E-state index contributed by atoms with van der Waals surface area (Å²) < 4.78 is 5.46. The summed E-state index contributed by atoms with van der Waals surface area (Å²) in [7, 11) is 0. The van der Waals surface area contributed by atoms with Crippen LogP contribution in [-0.4, -0.2) is 18.5 Å². The van der Waals surface area contributed by atoms with Crippen LogP contribution in [0.15, 0.2) is 11.4 Å². The van der Waals surface area contributed by atoms with Crippen LogP contribution in [0.25, 0.3) is 0 Å². The maximum Gasteiger partial charge on any atom is 0.192 e. The predicted octanol–water partition coefficient (Wildman–Crippen LogP) is 2.66. The van der Waals surface area contributed by atoms with Gasteiger partial charge in [0.25, 0.3) is 0 Å². The lowest BCUT2D eigenvalue weighted by Gasteiger charge is -2.12. The van der Waals surface area contributed by atoms with Crippen molar-refractivity contribution in [2.45, 2.75) is 26.4 Å². The highest BCUT2D eigenvalue weighted by molar-refractivity contribution is 7.10. The van der Waals surface area contributed by atoms with Crippen molar-refractivity contribution >= 4 is 17.1 Å². The van der Waals surface area contributed by atoms with Gasteiger partial charge in [0.05, 0.1) is 0 Å². The molecule has 0 aliphatic carbocycles. The fourth-order valence-corrected chi connectivity index (χ4v) is 2.53. The molecule has 0 N–H and O–H groups in total.